The summed E-state index contributed by atoms with van der Waals surface area (Å²) in [6.45, 7) is 3.70. The molecule has 0 saturated heterocycles. The Hall–Kier alpha value is -1.00. The second kappa shape index (κ2) is 7.31. The van der Waals surface area contributed by atoms with Crippen molar-refractivity contribution < 1.29 is 4.74 Å². The van der Waals surface area contributed by atoms with Crippen LogP contribution in [0, 0.1) is 0 Å². The first-order valence-electron chi connectivity index (χ1n) is 5.39. The highest BCUT2D eigenvalue weighted by atomic mass is 16.5. The maximum Gasteiger partial charge on any atom is 0.0756 e. The number of nitrogens with zero attached hydrogens (tertiary/aromatic N) is 2. The highest BCUT2D eigenvalue weighted by Gasteiger charge is 2.09. The molecule has 1 aromatic rings. The summed E-state index contributed by atoms with van der Waals surface area (Å²) >= 11 is 0. The Labute approximate surface area is 91.1 Å². The van der Waals surface area contributed by atoms with E-state index in [2.05, 4.69) is 22.2 Å². The summed E-state index contributed by atoms with van der Waals surface area (Å²) in [6.07, 6.45) is 7.18. The lowest BCUT2D eigenvalue weighted by atomic mass is 10.1. The number of nitrogens with one attached hydrogen (secondary N) is 1. The van der Waals surface area contributed by atoms with E-state index in [4.69, 9.17) is 4.74 Å². The molecule has 0 saturated carbocycles. The van der Waals surface area contributed by atoms with Crippen LogP contribution in [0.4, 0.5) is 0 Å². The van der Waals surface area contributed by atoms with E-state index in [1.54, 1.807) is 18.6 Å². The molecular weight excluding hydrogens is 190 g/mol. The van der Waals surface area contributed by atoms with Crippen molar-refractivity contribution in [2.24, 2.45) is 0 Å². The van der Waals surface area contributed by atoms with Gasteiger partial charge in [-0.2, -0.15) is 0 Å². The van der Waals surface area contributed by atoms with Crippen LogP contribution in [-0.4, -0.2) is 30.2 Å². The molecular formula is C11H19N3O. The van der Waals surface area contributed by atoms with Gasteiger partial charge >= 0.3 is 0 Å². The quantitative estimate of drug-likeness (QED) is 0.692. The number of aromatic nitrogens is 2. The monoisotopic (exact) mass is 209 g/mol. The molecule has 0 bridgehead atoms. The molecule has 15 heavy (non-hydrogen) atoms. The third kappa shape index (κ3) is 4.36. The molecule has 0 aliphatic rings. The van der Waals surface area contributed by atoms with Crippen LogP contribution in [0.25, 0.3) is 0 Å². The minimum atomic E-state index is 0.232. The van der Waals surface area contributed by atoms with Crippen LogP contribution in [0.1, 0.15) is 31.5 Å². The maximum absolute atomic E-state index is 5.45. The van der Waals surface area contributed by atoms with Crippen molar-refractivity contribution >= 4 is 0 Å². The molecule has 84 valence electrons. The van der Waals surface area contributed by atoms with E-state index in [1.165, 1.54) is 0 Å². The van der Waals surface area contributed by atoms with Gasteiger partial charge in [0.2, 0.25) is 0 Å². The fraction of sp³-hybridized carbons (Fsp3) is 0.636. The zero-order valence-corrected chi connectivity index (χ0v) is 9.44. The van der Waals surface area contributed by atoms with Crippen molar-refractivity contribution in [3.63, 3.8) is 0 Å². The van der Waals surface area contributed by atoms with Gasteiger partial charge < -0.3 is 10.1 Å². The molecule has 0 fully saturated rings. The van der Waals surface area contributed by atoms with E-state index >= 15 is 0 Å². The van der Waals surface area contributed by atoms with Gasteiger partial charge in [0, 0.05) is 31.8 Å². The van der Waals surface area contributed by atoms with Crippen LogP contribution in [0.5, 0.6) is 0 Å². The van der Waals surface area contributed by atoms with Gasteiger partial charge in [0.1, 0.15) is 0 Å². The van der Waals surface area contributed by atoms with Crippen LogP contribution in [0.15, 0.2) is 18.6 Å². The van der Waals surface area contributed by atoms with E-state index in [0.29, 0.717) is 0 Å². The Morgan fingerprint density at radius 1 is 1.40 bits per heavy atom. The van der Waals surface area contributed by atoms with Gasteiger partial charge in [0.25, 0.3) is 0 Å². The van der Waals surface area contributed by atoms with Gasteiger partial charge in [-0.15, -0.1) is 0 Å². The number of ether oxygens (including phenoxy) is 1. The number of hydrogen-bond donors (Lipinski definition) is 1. The minimum absolute atomic E-state index is 0.232. The maximum atomic E-state index is 5.45. The number of rotatable bonds is 7. The molecule has 0 amide bonds. The standard InChI is InChI=1S/C11H19N3O/c1-3-7-15-8-4-10(12-2)11-9-13-5-6-14-11/h5-6,9-10,12H,3-4,7-8H2,1-2H3. The lowest BCUT2D eigenvalue weighted by molar-refractivity contribution is 0.125. The predicted octanol–water partition coefficient (Wildman–Crippen LogP) is 1.55. The fourth-order valence-electron chi connectivity index (χ4n) is 1.38. The van der Waals surface area contributed by atoms with E-state index in [0.717, 1.165) is 31.7 Å². The van der Waals surface area contributed by atoms with Crippen molar-refractivity contribution in [2.45, 2.75) is 25.8 Å². The topological polar surface area (TPSA) is 47.0 Å². The second-order valence-corrected chi connectivity index (χ2v) is 3.37. The van der Waals surface area contributed by atoms with Crippen molar-refractivity contribution in [1.29, 1.82) is 0 Å². The first-order valence-corrected chi connectivity index (χ1v) is 5.39. The Morgan fingerprint density at radius 3 is 2.87 bits per heavy atom. The summed E-state index contributed by atoms with van der Waals surface area (Å²) in [5, 5.41) is 3.21. The highest BCUT2D eigenvalue weighted by molar-refractivity contribution is 5.01. The Balaban J connectivity index is 2.36. The molecule has 0 radical (unpaired) electrons. The predicted molar refractivity (Wildman–Crippen MR) is 59.6 cm³/mol. The van der Waals surface area contributed by atoms with E-state index in [1.807, 2.05) is 7.05 Å². The van der Waals surface area contributed by atoms with E-state index in [-0.39, 0.29) is 6.04 Å². The van der Waals surface area contributed by atoms with Gasteiger partial charge in [-0.3, -0.25) is 9.97 Å². The fourth-order valence-corrected chi connectivity index (χ4v) is 1.38. The van der Waals surface area contributed by atoms with Gasteiger partial charge in [-0.1, -0.05) is 6.92 Å². The Morgan fingerprint density at radius 2 is 2.27 bits per heavy atom. The van der Waals surface area contributed by atoms with Crippen LogP contribution < -0.4 is 5.32 Å². The summed E-state index contributed by atoms with van der Waals surface area (Å²) in [7, 11) is 1.93. The minimum Gasteiger partial charge on any atom is -0.381 e. The van der Waals surface area contributed by atoms with Gasteiger partial charge in [-0.25, -0.2) is 0 Å². The zero-order chi connectivity index (χ0) is 10.9. The van der Waals surface area contributed by atoms with Crippen LogP contribution in [0.3, 0.4) is 0 Å². The average molecular weight is 209 g/mol. The van der Waals surface area contributed by atoms with Gasteiger partial charge in [-0.05, 0) is 19.9 Å². The third-order valence-corrected chi connectivity index (χ3v) is 2.19. The summed E-state index contributed by atoms with van der Waals surface area (Å²) in [4.78, 5) is 8.32. The first kappa shape index (κ1) is 12.1. The lowest BCUT2D eigenvalue weighted by Crippen LogP contribution is -2.19. The Kier molecular flexibility index (Phi) is 5.88. The molecule has 0 aromatic carbocycles. The molecule has 1 N–H and O–H groups in total. The molecule has 1 atom stereocenters. The largest absolute Gasteiger partial charge is 0.381 e. The molecule has 4 heteroatoms. The number of hydrogen-bond acceptors (Lipinski definition) is 4. The normalized spacial score (nSPS) is 12.7. The zero-order valence-electron chi connectivity index (χ0n) is 9.44. The van der Waals surface area contributed by atoms with E-state index in [9.17, 15) is 0 Å². The molecule has 1 heterocycles. The van der Waals surface area contributed by atoms with Crippen molar-refractivity contribution in [1.82, 2.24) is 15.3 Å². The molecule has 4 nitrogen and oxygen atoms in total. The second-order valence-electron chi connectivity index (χ2n) is 3.37. The van der Waals surface area contributed by atoms with Crippen LogP contribution in [-0.2, 0) is 4.74 Å². The lowest BCUT2D eigenvalue weighted by Gasteiger charge is -2.14. The third-order valence-electron chi connectivity index (χ3n) is 2.19. The first-order chi connectivity index (χ1) is 7.38. The smallest absolute Gasteiger partial charge is 0.0756 e. The van der Waals surface area contributed by atoms with Gasteiger partial charge in [0.05, 0.1) is 11.7 Å². The highest BCUT2D eigenvalue weighted by Crippen LogP contribution is 2.11. The van der Waals surface area contributed by atoms with Crippen molar-refractivity contribution in [2.75, 3.05) is 20.3 Å². The molecule has 1 aromatic heterocycles. The summed E-state index contributed by atoms with van der Waals surface area (Å²) in [5.41, 5.74) is 0.972. The van der Waals surface area contributed by atoms with E-state index < -0.39 is 0 Å². The van der Waals surface area contributed by atoms with Gasteiger partial charge in [0.15, 0.2) is 0 Å². The molecule has 0 aliphatic carbocycles. The van der Waals surface area contributed by atoms with Crippen LogP contribution in [0.2, 0.25) is 0 Å². The molecule has 1 unspecified atom stereocenters. The Bertz CT molecular complexity index is 253. The van der Waals surface area contributed by atoms with Crippen molar-refractivity contribution in [3.8, 4) is 0 Å². The van der Waals surface area contributed by atoms with Crippen molar-refractivity contribution in [3.05, 3.63) is 24.3 Å². The molecule has 0 spiro atoms. The molecule has 0 aliphatic heterocycles. The summed E-state index contributed by atoms with van der Waals surface area (Å²) in [5.74, 6) is 0. The average Bonchev–Trinajstić information content (AvgIpc) is 2.30. The summed E-state index contributed by atoms with van der Waals surface area (Å²) in [6, 6.07) is 0.232. The van der Waals surface area contributed by atoms with Crippen LogP contribution >= 0.6 is 0 Å². The SMILES string of the molecule is CCCOCCC(NC)c1cnccn1. The summed E-state index contributed by atoms with van der Waals surface area (Å²) < 4.78 is 5.45. The molecule has 1 rings (SSSR count).